The summed E-state index contributed by atoms with van der Waals surface area (Å²) in [4.78, 5) is 37.3. The van der Waals surface area contributed by atoms with E-state index in [0.717, 1.165) is 5.56 Å². The predicted molar refractivity (Wildman–Crippen MR) is 105 cm³/mol. The second-order valence-electron chi connectivity index (χ2n) is 7.73. The van der Waals surface area contributed by atoms with Gasteiger partial charge in [-0.3, -0.25) is 19.7 Å². The van der Waals surface area contributed by atoms with E-state index in [-0.39, 0.29) is 30.1 Å². The minimum atomic E-state index is -0.696. The van der Waals surface area contributed by atoms with Crippen LogP contribution in [0.3, 0.4) is 0 Å². The molecule has 1 heterocycles. The molecule has 0 N–H and O–H groups in total. The second-order valence-corrected chi connectivity index (χ2v) is 7.73. The summed E-state index contributed by atoms with van der Waals surface area (Å²) in [6, 6.07) is 13.2. The molecule has 2 aromatic rings. The fourth-order valence-electron chi connectivity index (χ4n) is 3.05. The minimum absolute atomic E-state index is 0.0428. The molecule has 152 valence electrons. The zero-order valence-corrected chi connectivity index (χ0v) is 16.5. The summed E-state index contributed by atoms with van der Waals surface area (Å²) in [6.07, 6.45) is -0.537. The van der Waals surface area contributed by atoms with E-state index in [1.807, 2.05) is 30.3 Å². The van der Waals surface area contributed by atoms with E-state index in [2.05, 4.69) is 0 Å². The highest BCUT2D eigenvalue weighted by molar-refractivity contribution is 5.99. The predicted octanol–water partition coefficient (Wildman–Crippen LogP) is 3.51. The van der Waals surface area contributed by atoms with Gasteiger partial charge in [0.25, 0.3) is 11.6 Å². The lowest BCUT2D eigenvalue weighted by Gasteiger charge is -2.26. The van der Waals surface area contributed by atoms with Gasteiger partial charge in [-0.2, -0.15) is 0 Å². The smallest absolute Gasteiger partial charge is 0.326 e. The van der Waals surface area contributed by atoms with Crippen molar-refractivity contribution in [3.8, 4) is 5.75 Å². The Bertz CT molecular complexity index is 936. The maximum Gasteiger partial charge on any atom is 0.326 e. The van der Waals surface area contributed by atoms with Gasteiger partial charge in [0.15, 0.2) is 0 Å². The molecule has 8 nitrogen and oxygen atoms in total. The van der Waals surface area contributed by atoms with Gasteiger partial charge in [-0.05, 0) is 32.4 Å². The molecule has 0 spiro atoms. The van der Waals surface area contributed by atoms with Crippen LogP contribution in [0.1, 0.15) is 42.8 Å². The van der Waals surface area contributed by atoms with Crippen molar-refractivity contribution in [2.75, 3.05) is 13.1 Å². The lowest BCUT2D eigenvalue weighted by atomic mass is 10.1. The van der Waals surface area contributed by atoms with Crippen LogP contribution < -0.4 is 4.74 Å². The summed E-state index contributed by atoms with van der Waals surface area (Å²) in [5.41, 5.74) is -0.0594. The van der Waals surface area contributed by atoms with Crippen LogP contribution >= 0.6 is 0 Å². The van der Waals surface area contributed by atoms with E-state index >= 15 is 0 Å². The molecule has 0 fully saturated rings. The SMILES string of the molecule is CC(C)(C)OC(=O)CN1C[C@@H](c2ccccc2)Oc2ccc([N+](=O)[O-])cc2C1=O. The molecule has 1 aliphatic heterocycles. The maximum absolute atomic E-state index is 13.1. The van der Waals surface area contributed by atoms with Gasteiger partial charge < -0.3 is 14.4 Å². The fraction of sp³-hybridized carbons (Fsp3) is 0.333. The number of ether oxygens (including phenoxy) is 2. The average molecular weight is 398 g/mol. The van der Waals surface area contributed by atoms with Crippen molar-refractivity contribution < 1.29 is 24.0 Å². The molecule has 1 aliphatic rings. The number of esters is 1. The number of carbonyl (C=O) groups is 2. The minimum Gasteiger partial charge on any atom is -0.483 e. The first-order valence-corrected chi connectivity index (χ1v) is 9.15. The van der Waals surface area contributed by atoms with Gasteiger partial charge >= 0.3 is 5.97 Å². The van der Waals surface area contributed by atoms with Crippen LogP contribution in [-0.2, 0) is 9.53 Å². The Balaban J connectivity index is 1.98. The standard InChI is InChI=1S/C21H22N2O6/c1-21(2,3)29-19(24)13-22-12-18(14-7-5-4-6-8-14)28-17-10-9-15(23(26)27)11-16(17)20(22)25/h4-11,18H,12-13H2,1-3H3/t18-/m0/s1. The average Bonchev–Trinajstić information content (AvgIpc) is 2.78. The van der Waals surface area contributed by atoms with Gasteiger partial charge in [0.05, 0.1) is 17.0 Å². The third kappa shape index (κ3) is 4.90. The van der Waals surface area contributed by atoms with Gasteiger partial charge in [-0.25, -0.2) is 0 Å². The van der Waals surface area contributed by atoms with Gasteiger partial charge in [0, 0.05) is 12.1 Å². The molecule has 0 saturated heterocycles. The summed E-state index contributed by atoms with van der Waals surface area (Å²) in [6.45, 7) is 5.03. The molecular formula is C21H22N2O6. The second kappa shape index (κ2) is 7.90. The van der Waals surface area contributed by atoms with E-state index in [1.54, 1.807) is 20.8 Å². The molecule has 2 aromatic carbocycles. The summed E-state index contributed by atoms with van der Waals surface area (Å²) in [7, 11) is 0. The molecule has 1 atom stereocenters. The summed E-state index contributed by atoms with van der Waals surface area (Å²) < 4.78 is 11.4. The Morgan fingerprint density at radius 3 is 2.55 bits per heavy atom. The van der Waals surface area contributed by atoms with E-state index in [1.165, 1.54) is 23.1 Å². The van der Waals surface area contributed by atoms with Crippen LogP contribution in [0.15, 0.2) is 48.5 Å². The number of amides is 1. The van der Waals surface area contributed by atoms with Gasteiger partial charge in [-0.1, -0.05) is 30.3 Å². The molecule has 0 saturated carbocycles. The number of fused-ring (bicyclic) bond motifs is 1. The zero-order valence-electron chi connectivity index (χ0n) is 16.5. The van der Waals surface area contributed by atoms with E-state index in [9.17, 15) is 19.7 Å². The number of nitro groups is 1. The largest absolute Gasteiger partial charge is 0.483 e. The molecule has 8 heteroatoms. The van der Waals surface area contributed by atoms with Crippen molar-refractivity contribution in [1.82, 2.24) is 4.90 Å². The van der Waals surface area contributed by atoms with Crippen LogP contribution in [0.5, 0.6) is 5.75 Å². The van der Waals surface area contributed by atoms with Gasteiger partial charge in [0.1, 0.15) is 24.0 Å². The van der Waals surface area contributed by atoms with Crippen LogP contribution in [0.25, 0.3) is 0 Å². The molecule has 0 aromatic heterocycles. The normalized spacial score (nSPS) is 16.4. The van der Waals surface area contributed by atoms with E-state index < -0.39 is 28.5 Å². The zero-order chi connectivity index (χ0) is 21.2. The van der Waals surface area contributed by atoms with Crippen LogP contribution in [0, 0.1) is 10.1 Å². The fourth-order valence-corrected chi connectivity index (χ4v) is 3.05. The Morgan fingerprint density at radius 1 is 1.24 bits per heavy atom. The van der Waals surface area contributed by atoms with E-state index in [0.29, 0.717) is 0 Å². The maximum atomic E-state index is 13.1. The number of nitrogens with zero attached hydrogens (tertiary/aromatic N) is 2. The van der Waals surface area contributed by atoms with Crippen LogP contribution in [0.2, 0.25) is 0 Å². The Morgan fingerprint density at radius 2 is 1.93 bits per heavy atom. The Kier molecular flexibility index (Phi) is 5.54. The van der Waals surface area contributed by atoms with Crippen LogP contribution in [-0.4, -0.2) is 40.4 Å². The summed E-state index contributed by atoms with van der Waals surface area (Å²) in [5, 5.41) is 11.1. The first-order chi connectivity index (χ1) is 13.6. The van der Waals surface area contributed by atoms with Crippen molar-refractivity contribution in [3.63, 3.8) is 0 Å². The molecule has 0 aliphatic carbocycles. The highest BCUT2D eigenvalue weighted by Gasteiger charge is 2.33. The van der Waals surface area contributed by atoms with Crippen molar-refractivity contribution in [1.29, 1.82) is 0 Å². The lowest BCUT2D eigenvalue weighted by molar-refractivity contribution is -0.384. The molecule has 0 radical (unpaired) electrons. The number of benzene rings is 2. The molecule has 3 rings (SSSR count). The quantitative estimate of drug-likeness (QED) is 0.444. The first-order valence-electron chi connectivity index (χ1n) is 9.15. The number of carbonyl (C=O) groups excluding carboxylic acids is 2. The number of hydrogen-bond acceptors (Lipinski definition) is 6. The number of hydrogen-bond donors (Lipinski definition) is 0. The van der Waals surface area contributed by atoms with Gasteiger partial charge in [0.2, 0.25) is 0 Å². The highest BCUT2D eigenvalue weighted by atomic mass is 16.6. The third-order valence-electron chi connectivity index (χ3n) is 4.26. The summed E-state index contributed by atoms with van der Waals surface area (Å²) in [5.74, 6) is -0.847. The third-order valence-corrected chi connectivity index (χ3v) is 4.26. The van der Waals surface area contributed by atoms with Gasteiger partial charge in [-0.15, -0.1) is 0 Å². The van der Waals surface area contributed by atoms with Crippen molar-refractivity contribution in [2.24, 2.45) is 0 Å². The molecule has 1 amide bonds. The topological polar surface area (TPSA) is 99.0 Å². The molecule has 0 unspecified atom stereocenters. The van der Waals surface area contributed by atoms with Crippen molar-refractivity contribution in [2.45, 2.75) is 32.5 Å². The Labute approximate surface area is 168 Å². The number of rotatable bonds is 4. The Hall–Kier alpha value is -3.42. The molecule has 0 bridgehead atoms. The van der Waals surface area contributed by atoms with E-state index in [4.69, 9.17) is 9.47 Å². The first kappa shape index (κ1) is 20.3. The molecular weight excluding hydrogens is 376 g/mol. The van der Waals surface area contributed by atoms with Crippen molar-refractivity contribution in [3.05, 3.63) is 69.8 Å². The highest BCUT2D eigenvalue weighted by Crippen LogP contribution is 2.33. The van der Waals surface area contributed by atoms with Crippen LogP contribution in [0.4, 0.5) is 5.69 Å². The lowest BCUT2D eigenvalue weighted by Crippen LogP contribution is -2.40. The monoisotopic (exact) mass is 398 g/mol. The number of non-ortho nitro benzene ring substituents is 1. The summed E-state index contributed by atoms with van der Waals surface area (Å²) >= 11 is 0. The number of nitro benzene ring substituents is 1. The molecule has 29 heavy (non-hydrogen) atoms. The van der Waals surface area contributed by atoms with Crippen molar-refractivity contribution >= 4 is 17.6 Å².